The Balaban J connectivity index is 2.06. The molecule has 4 rings (SSSR count). The van der Waals surface area contributed by atoms with Crippen molar-refractivity contribution in [3.63, 3.8) is 0 Å². The van der Waals surface area contributed by atoms with E-state index in [0.717, 1.165) is 22.8 Å². The van der Waals surface area contributed by atoms with Crippen LogP contribution in [0.15, 0.2) is 41.5 Å². The van der Waals surface area contributed by atoms with Crippen LogP contribution in [0.3, 0.4) is 0 Å². The first kappa shape index (κ1) is 16.8. The topological polar surface area (TPSA) is 29.7 Å². The smallest absolute Gasteiger partial charge is 0.271 e. The van der Waals surface area contributed by atoms with Crippen LogP contribution in [0.25, 0.3) is 5.52 Å². The zero-order valence-electron chi connectivity index (χ0n) is 14.9. The van der Waals surface area contributed by atoms with Gasteiger partial charge < -0.3 is 0 Å². The zero-order valence-corrected chi connectivity index (χ0v) is 14.9. The summed E-state index contributed by atoms with van der Waals surface area (Å²) in [4.78, 5) is 4.34. The monoisotopic (exact) mass is 357 g/mol. The van der Waals surface area contributed by atoms with Crippen LogP contribution in [0.5, 0.6) is 0 Å². The molecule has 1 aliphatic rings. The molecule has 0 saturated carbocycles. The van der Waals surface area contributed by atoms with E-state index in [9.17, 15) is 13.2 Å². The molecule has 0 bridgehead atoms. The highest BCUT2D eigenvalue weighted by atomic mass is 19.3. The molecule has 1 aliphatic heterocycles. The van der Waals surface area contributed by atoms with Crippen molar-refractivity contribution < 1.29 is 13.2 Å². The number of rotatable bonds is 1. The second-order valence-electron chi connectivity index (χ2n) is 7.21. The summed E-state index contributed by atoms with van der Waals surface area (Å²) in [5.41, 5.74) is 1.47. The maximum atomic E-state index is 14.9. The molecule has 134 valence electrons. The molecule has 0 radical (unpaired) electrons. The van der Waals surface area contributed by atoms with E-state index in [1.54, 1.807) is 10.7 Å². The maximum absolute atomic E-state index is 14.9. The average molecular weight is 357 g/mol. The molecule has 2 aromatic heterocycles. The number of halogens is 3. The lowest BCUT2D eigenvalue weighted by Crippen LogP contribution is -2.44. The number of fused-ring (bicyclic) bond motifs is 2. The minimum Gasteiger partial charge on any atom is -0.271 e. The number of nitrogens with zero attached hydrogens (tertiary/aromatic N) is 3. The van der Waals surface area contributed by atoms with Crippen molar-refractivity contribution in [1.82, 2.24) is 9.61 Å². The molecule has 26 heavy (non-hydrogen) atoms. The Labute approximate surface area is 149 Å². The highest BCUT2D eigenvalue weighted by molar-refractivity contribution is 6.18. The van der Waals surface area contributed by atoms with Gasteiger partial charge in [0.2, 0.25) is 0 Å². The second-order valence-corrected chi connectivity index (χ2v) is 7.21. The van der Waals surface area contributed by atoms with E-state index in [4.69, 9.17) is 0 Å². The number of hydrogen-bond acceptors (Lipinski definition) is 2. The van der Waals surface area contributed by atoms with Gasteiger partial charge in [0, 0.05) is 16.8 Å². The molecule has 0 atom stereocenters. The first-order chi connectivity index (χ1) is 12.1. The lowest BCUT2D eigenvalue weighted by atomic mass is 9.81. The summed E-state index contributed by atoms with van der Waals surface area (Å²) < 4.78 is 46.0. The fourth-order valence-electron chi connectivity index (χ4n) is 3.42. The molecule has 0 unspecified atom stereocenters. The summed E-state index contributed by atoms with van der Waals surface area (Å²) in [6.07, 6.45) is 1.61. The van der Waals surface area contributed by atoms with Gasteiger partial charge in [-0.25, -0.2) is 8.91 Å². The molecule has 1 aromatic carbocycles. The third-order valence-electron chi connectivity index (χ3n) is 5.18. The van der Waals surface area contributed by atoms with E-state index in [1.165, 1.54) is 26.0 Å². The molecule has 0 amide bonds. The number of aliphatic imine (C=N–C) groups is 1. The van der Waals surface area contributed by atoms with Gasteiger partial charge >= 0.3 is 5.92 Å². The maximum Gasteiger partial charge on any atom is 0.300 e. The summed E-state index contributed by atoms with van der Waals surface area (Å²) in [5, 5.41) is 4.39. The minimum absolute atomic E-state index is 0.113. The Bertz CT molecular complexity index is 1080. The van der Waals surface area contributed by atoms with Gasteiger partial charge in [0.05, 0.1) is 23.0 Å². The molecular formula is C20H18F3N3. The molecule has 3 heterocycles. The van der Waals surface area contributed by atoms with Gasteiger partial charge in [0.25, 0.3) is 0 Å². The van der Waals surface area contributed by atoms with E-state index >= 15 is 0 Å². The van der Waals surface area contributed by atoms with Gasteiger partial charge in [0.15, 0.2) is 0 Å². The van der Waals surface area contributed by atoms with Gasteiger partial charge in [-0.2, -0.15) is 13.9 Å². The Hall–Kier alpha value is -2.63. The summed E-state index contributed by atoms with van der Waals surface area (Å²) >= 11 is 0. The summed E-state index contributed by atoms with van der Waals surface area (Å²) in [6.45, 7) is 6.56. The van der Waals surface area contributed by atoms with Gasteiger partial charge in [-0.1, -0.05) is 18.2 Å². The Kier molecular flexibility index (Phi) is 3.36. The van der Waals surface area contributed by atoms with Crippen LogP contribution in [0.1, 0.15) is 41.8 Å². The molecule has 0 N–H and O–H groups in total. The first-order valence-corrected chi connectivity index (χ1v) is 8.36. The lowest BCUT2D eigenvalue weighted by molar-refractivity contribution is -0.0710. The molecule has 3 nitrogen and oxygen atoms in total. The fourth-order valence-corrected chi connectivity index (χ4v) is 3.42. The quantitative estimate of drug-likeness (QED) is 0.614. The summed E-state index contributed by atoms with van der Waals surface area (Å²) in [5.74, 6) is -4.33. The normalized spacial score (nSPS) is 17.9. The van der Waals surface area contributed by atoms with Crippen LogP contribution in [0.4, 0.5) is 13.2 Å². The van der Waals surface area contributed by atoms with E-state index in [2.05, 4.69) is 10.1 Å². The van der Waals surface area contributed by atoms with Gasteiger partial charge in [-0.05, 0) is 45.4 Å². The summed E-state index contributed by atoms with van der Waals surface area (Å²) in [6, 6.07) is 7.82. The molecule has 0 spiro atoms. The first-order valence-electron chi connectivity index (χ1n) is 8.36. The van der Waals surface area contributed by atoms with Gasteiger partial charge in [-0.3, -0.25) is 4.99 Å². The van der Waals surface area contributed by atoms with Crippen LogP contribution in [-0.4, -0.2) is 20.9 Å². The van der Waals surface area contributed by atoms with Crippen LogP contribution in [-0.2, 0) is 5.92 Å². The fraction of sp³-hybridized carbons (Fsp3) is 0.300. The number of hydrogen-bond donors (Lipinski definition) is 0. The average Bonchev–Trinajstić information content (AvgIpc) is 2.99. The highest BCUT2D eigenvalue weighted by Crippen LogP contribution is 2.48. The SMILES string of the molecule is Cc1ccc2c(C3=NC(C)(C)C(F)(F)c4c(F)cccc43)cnn2c1C. The lowest BCUT2D eigenvalue weighted by Gasteiger charge is -2.37. The summed E-state index contributed by atoms with van der Waals surface area (Å²) in [7, 11) is 0. The predicted molar refractivity (Wildman–Crippen MR) is 94.7 cm³/mol. The minimum atomic E-state index is -3.41. The number of aromatic nitrogens is 2. The van der Waals surface area contributed by atoms with Crippen molar-refractivity contribution in [1.29, 1.82) is 0 Å². The van der Waals surface area contributed by atoms with Crippen molar-refractivity contribution in [3.8, 4) is 0 Å². The zero-order chi connectivity index (χ0) is 18.9. The van der Waals surface area contributed by atoms with Crippen molar-refractivity contribution >= 4 is 11.2 Å². The number of benzene rings is 1. The Morgan fingerprint density at radius 1 is 1.00 bits per heavy atom. The van der Waals surface area contributed by atoms with Crippen LogP contribution in [0, 0.1) is 19.7 Å². The molecule has 0 fully saturated rings. The Morgan fingerprint density at radius 2 is 1.73 bits per heavy atom. The van der Waals surface area contributed by atoms with Gasteiger partial charge in [0.1, 0.15) is 11.4 Å². The molecule has 0 saturated heterocycles. The highest BCUT2D eigenvalue weighted by Gasteiger charge is 2.54. The number of pyridine rings is 1. The molecule has 6 heteroatoms. The van der Waals surface area contributed by atoms with Crippen molar-refractivity contribution in [2.24, 2.45) is 4.99 Å². The Morgan fingerprint density at radius 3 is 2.46 bits per heavy atom. The largest absolute Gasteiger partial charge is 0.300 e. The number of aryl methyl sites for hydroxylation is 2. The van der Waals surface area contributed by atoms with Gasteiger partial charge in [-0.15, -0.1) is 0 Å². The molecule has 0 aliphatic carbocycles. The molecule has 3 aromatic rings. The van der Waals surface area contributed by atoms with E-state index in [0.29, 0.717) is 11.3 Å². The van der Waals surface area contributed by atoms with Crippen LogP contribution in [0.2, 0.25) is 0 Å². The van der Waals surface area contributed by atoms with E-state index in [-0.39, 0.29) is 5.56 Å². The van der Waals surface area contributed by atoms with E-state index in [1.807, 2.05) is 26.0 Å². The second kappa shape index (κ2) is 5.19. The standard InChI is InChI=1S/C20H18F3N3/c1-11-8-9-16-14(10-24-26(16)12(11)2)18-13-6-5-7-15(21)17(13)20(22,23)19(3,4)25-18/h5-10H,1-4H3. The van der Waals surface area contributed by atoms with Crippen LogP contribution >= 0.6 is 0 Å². The number of alkyl halides is 2. The van der Waals surface area contributed by atoms with Crippen LogP contribution < -0.4 is 0 Å². The predicted octanol–water partition coefficient (Wildman–Crippen LogP) is 4.81. The van der Waals surface area contributed by atoms with Crippen molar-refractivity contribution in [2.45, 2.75) is 39.2 Å². The van der Waals surface area contributed by atoms with E-state index < -0.39 is 22.8 Å². The van der Waals surface area contributed by atoms with Crippen molar-refractivity contribution in [3.05, 3.63) is 70.3 Å². The molecular weight excluding hydrogens is 339 g/mol. The van der Waals surface area contributed by atoms with Crippen molar-refractivity contribution in [2.75, 3.05) is 0 Å². The third-order valence-corrected chi connectivity index (χ3v) is 5.18. The third kappa shape index (κ3) is 2.08.